The molecule has 1 saturated carbocycles. The minimum absolute atomic E-state index is 0.0124. The van der Waals surface area contributed by atoms with Gasteiger partial charge in [0.2, 0.25) is 5.91 Å². The van der Waals surface area contributed by atoms with E-state index in [0.717, 1.165) is 12.8 Å². The molecule has 1 rings (SSSR count). The molecule has 4 heteroatoms. The van der Waals surface area contributed by atoms with E-state index in [9.17, 15) is 4.79 Å². The molecule has 1 aliphatic rings. The highest BCUT2D eigenvalue weighted by Gasteiger charge is 2.41. The molecule has 3 N–H and O–H groups in total. The molecule has 1 fully saturated rings. The Morgan fingerprint density at radius 3 is 2.57 bits per heavy atom. The van der Waals surface area contributed by atoms with Crippen molar-refractivity contribution in [2.75, 3.05) is 19.7 Å². The zero-order valence-corrected chi connectivity index (χ0v) is 8.97. The van der Waals surface area contributed by atoms with Crippen LogP contribution in [0.4, 0.5) is 0 Å². The van der Waals surface area contributed by atoms with Crippen molar-refractivity contribution >= 4 is 5.91 Å². The van der Waals surface area contributed by atoms with Gasteiger partial charge in [0.1, 0.15) is 0 Å². The lowest BCUT2D eigenvalue weighted by molar-refractivity contribution is -0.120. The van der Waals surface area contributed by atoms with Gasteiger partial charge in [-0.1, -0.05) is 13.8 Å². The topological polar surface area (TPSA) is 61.4 Å². The fourth-order valence-corrected chi connectivity index (χ4v) is 1.19. The normalized spacial score (nSPS) is 18.3. The van der Waals surface area contributed by atoms with Crippen molar-refractivity contribution in [3.05, 3.63) is 0 Å². The molecule has 0 aromatic heterocycles. The first-order valence-electron chi connectivity index (χ1n) is 5.20. The van der Waals surface area contributed by atoms with Gasteiger partial charge >= 0.3 is 0 Å². The summed E-state index contributed by atoms with van der Waals surface area (Å²) in [5, 5.41) is 14.9. The third-order valence-electron chi connectivity index (χ3n) is 2.49. The summed E-state index contributed by atoms with van der Waals surface area (Å²) in [5.74, 6) is 0.491. The fraction of sp³-hybridized carbons (Fsp3) is 0.900. The molecular weight excluding hydrogens is 180 g/mol. The molecule has 82 valence electrons. The zero-order chi connectivity index (χ0) is 10.6. The Morgan fingerprint density at radius 1 is 1.50 bits per heavy atom. The first-order chi connectivity index (χ1) is 6.58. The lowest BCUT2D eigenvalue weighted by Gasteiger charge is -2.14. The van der Waals surface area contributed by atoms with Crippen LogP contribution in [0.5, 0.6) is 0 Å². The van der Waals surface area contributed by atoms with Crippen LogP contribution in [0.15, 0.2) is 0 Å². The first kappa shape index (κ1) is 11.5. The summed E-state index contributed by atoms with van der Waals surface area (Å²) in [7, 11) is 0. The van der Waals surface area contributed by atoms with Crippen molar-refractivity contribution in [2.45, 2.75) is 32.2 Å². The number of nitrogens with one attached hydrogen (secondary N) is 2. The maximum absolute atomic E-state index is 11.3. The van der Waals surface area contributed by atoms with Gasteiger partial charge < -0.3 is 15.7 Å². The third-order valence-corrected chi connectivity index (χ3v) is 2.49. The molecule has 0 atom stereocenters. The van der Waals surface area contributed by atoms with Gasteiger partial charge in [-0.2, -0.15) is 0 Å². The van der Waals surface area contributed by atoms with Gasteiger partial charge in [-0.3, -0.25) is 4.79 Å². The summed E-state index contributed by atoms with van der Waals surface area (Å²) in [4.78, 5) is 11.3. The maximum Gasteiger partial charge on any atom is 0.233 e. The van der Waals surface area contributed by atoms with Gasteiger partial charge in [-0.15, -0.1) is 0 Å². The summed E-state index contributed by atoms with van der Waals surface area (Å²) in [6.07, 6.45) is 1.95. The minimum Gasteiger partial charge on any atom is -0.394 e. The van der Waals surface area contributed by atoms with Crippen LogP contribution in [0, 0.1) is 5.92 Å². The molecule has 4 nitrogen and oxygen atoms in total. The smallest absolute Gasteiger partial charge is 0.233 e. The third kappa shape index (κ3) is 3.64. The monoisotopic (exact) mass is 200 g/mol. The van der Waals surface area contributed by atoms with Crippen LogP contribution >= 0.6 is 0 Å². The van der Waals surface area contributed by atoms with Crippen molar-refractivity contribution in [3.63, 3.8) is 0 Å². The van der Waals surface area contributed by atoms with Crippen molar-refractivity contribution < 1.29 is 9.90 Å². The highest BCUT2D eigenvalue weighted by atomic mass is 16.3. The molecule has 0 aromatic carbocycles. The largest absolute Gasteiger partial charge is 0.394 e. The van der Waals surface area contributed by atoms with Gasteiger partial charge in [0.15, 0.2) is 0 Å². The molecule has 0 radical (unpaired) electrons. The Hall–Kier alpha value is -0.610. The van der Waals surface area contributed by atoms with Crippen molar-refractivity contribution in [2.24, 2.45) is 5.92 Å². The molecule has 0 unspecified atom stereocenters. The second kappa shape index (κ2) is 4.75. The van der Waals surface area contributed by atoms with E-state index in [1.807, 2.05) is 0 Å². The molecule has 0 aliphatic heterocycles. The van der Waals surface area contributed by atoms with Crippen LogP contribution in [0.1, 0.15) is 26.7 Å². The quantitative estimate of drug-likeness (QED) is 0.560. The van der Waals surface area contributed by atoms with E-state index in [0.29, 0.717) is 19.0 Å². The highest BCUT2D eigenvalue weighted by molar-refractivity contribution is 5.78. The second-order valence-electron chi connectivity index (χ2n) is 4.49. The highest BCUT2D eigenvalue weighted by Crippen LogP contribution is 2.34. The van der Waals surface area contributed by atoms with Gasteiger partial charge in [-0.25, -0.2) is 0 Å². The fourth-order valence-electron chi connectivity index (χ4n) is 1.19. The maximum atomic E-state index is 11.3. The summed E-state index contributed by atoms with van der Waals surface area (Å²) in [6.45, 7) is 5.28. The summed E-state index contributed by atoms with van der Waals surface area (Å²) >= 11 is 0. The van der Waals surface area contributed by atoms with E-state index in [1.165, 1.54) is 0 Å². The average molecular weight is 200 g/mol. The number of carbonyl (C=O) groups is 1. The number of hydrogen-bond acceptors (Lipinski definition) is 3. The van der Waals surface area contributed by atoms with Crippen LogP contribution in [0.25, 0.3) is 0 Å². The number of amides is 1. The standard InChI is InChI=1S/C10H20N2O2/c1-8(2)5-11-9(14)6-12-10(7-13)3-4-10/h8,12-13H,3-7H2,1-2H3,(H,11,14). The predicted molar refractivity (Wildman–Crippen MR) is 54.9 cm³/mol. The summed E-state index contributed by atoms with van der Waals surface area (Å²) in [6, 6.07) is 0. The zero-order valence-electron chi connectivity index (χ0n) is 8.97. The minimum atomic E-state index is -0.144. The Morgan fingerprint density at radius 2 is 2.14 bits per heavy atom. The van der Waals surface area contributed by atoms with E-state index < -0.39 is 0 Å². The van der Waals surface area contributed by atoms with Crippen LogP contribution in [0.3, 0.4) is 0 Å². The van der Waals surface area contributed by atoms with E-state index >= 15 is 0 Å². The Balaban J connectivity index is 2.09. The number of rotatable bonds is 6. The molecule has 14 heavy (non-hydrogen) atoms. The molecular formula is C10H20N2O2. The Labute approximate surface area is 85.1 Å². The Kier molecular flexibility index (Phi) is 3.89. The van der Waals surface area contributed by atoms with E-state index in [2.05, 4.69) is 24.5 Å². The number of aliphatic hydroxyl groups is 1. The molecule has 0 heterocycles. The molecule has 1 amide bonds. The molecule has 0 bridgehead atoms. The SMILES string of the molecule is CC(C)CNC(=O)CNC1(CO)CC1. The average Bonchev–Trinajstić information content (AvgIpc) is 2.92. The molecule has 1 aliphatic carbocycles. The van der Waals surface area contributed by atoms with E-state index in [-0.39, 0.29) is 18.1 Å². The van der Waals surface area contributed by atoms with Crippen LogP contribution in [-0.2, 0) is 4.79 Å². The molecule has 0 saturated heterocycles. The lowest BCUT2D eigenvalue weighted by atomic mass is 10.2. The lowest BCUT2D eigenvalue weighted by Crippen LogP contribution is -2.43. The van der Waals surface area contributed by atoms with E-state index in [1.54, 1.807) is 0 Å². The summed E-state index contributed by atoms with van der Waals surface area (Å²) in [5.41, 5.74) is -0.144. The summed E-state index contributed by atoms with van der Waals surface area (Å²) < 4.78 is 0. The van der Waals surface area contributed by atoms with Crippen molar-refractivity contribution in [1.82, 2.24) is 10.6 Å². The van der Waals surface area contributed by atoms with Crippen molar-refractivity contribution in [1.29, 1.82) is 0 Å². The predicted octanol–water partition coefficient (Wildman–Crippen LogP) is -0.127. The van der Waals surface area contributed by atoms with Gasteiger partial charge in [0, 0.05) is 12.1 Å². The van der Waals surface area contributed by atoms with Gasteiger partial charge in [0.25, 0.3) is 0 Å². The second-order valence-corrected chi connectivity index (χ2v) is 4.49. The van der Waals surface area contributed by atoms with Crippen molar-refractivity contribution in [3.8, 4) is 0 Å². The van der Waals surface area contributed by atoms with Crippen LogP contribution < -0.4 is 10.6 Å². The first-order valence-corrected chi connectivity index (χ1v) is 5.20. The molecule has 0 spiro atoms. The van der Waals surface area contributed by atoms with E-state index in [4.69, 9.17) is 5.11 Å². The number of aliphatic hydroxyl groups excluding tert-OH is 1. The van der Waals surface area contributed by atoms with Crippen LogP contribution in [-0.4, -0.2) is 36.2 Å². The Bertz CT molecular complexity index is 200. The van der Waals surface area contributed by atoms with Crippen LogP contribution in [0.2, 0.25) is 0 Å². The number of carbonyl (C=O) groups excluding carboxylic acids is 1. The molecule has 0 aromatic rings. The number of hydrogen-bond donors (Lipinski definition) is 3. The van der Waals surface area contributed by atoms with Gasteiger partial charge in [0.05, 0.1) is 13.2 Å². The van der Waals surface area contributed by atoms with Gasteiger partial charge in [-0.05, 0) is 18.8 Å².